The first-order valence-electron chi connectivity index (χ1n) is 8.80. The molecule has 2 aromatic rings. The Morgan fingerprint density at radius 2 is 2.00 bits per heavy atom. The number of nitrogens with zero attached hydrogens (tertiary/aromatic N) is 3. The van der Waals surface area contributed by atoms with Gasteiger partial charge in [0.05, 0.1) is 12.4 Å². The standard InChI is InChI=1S/C19H24FN3O2/c20-17-5-3-15(4-6-17)19(25)16-7-11-23(12-8-16)18(24)2-1-10-22-13-9-21-14-22/h3-6,9,13-14,16,19,25H,1-2,7-8,10-12H2/t19-/m0/s1. The number of carbonyl (C=O) groups is 1. The topological polar surface area (TPSA) is 58.4 Å². The maximum atomic E-state index is 13.0. The molecule has 1 amide bonds. The predicted octanol–water partition coefficient (Wildman–Crippen LogP) is 2.77. The second-order valence-electron chi connectivity index (χ2n) is 6.62. The van der Waals surface area contributed by atoms with Crippen molar-refractivity contribution in [1.29, 1.82) is 0 Å². The highest BCUT2D eigenvalue weighted by atomic mass is 19.1. The van der Waals surface area contributed by atoms with Crippen LogP contribution >= 0.6 is 0 Å². The van der Waals surface area contributed by atoms with E-state index in [1.807, 2.05) is 15.7 Å². The molecule has 1 aromatic heterocycles. The van der Waals surface area contributed by atoms with Gasteiger partial charge in [-0.1, -0.05) is 12.1 Å². The van der Waals surface area contributed by atoms with E-state index >= 15 is 0 Å². The Kier molecular flexibility index (Phi) is 5.81. The maximum Gasteiger partial charge on any atom is 0.222 e. The van der Waals surface area contributed by atoms with Crippen LogP contribution in [0.5, 0.6) is 0 Å². The molecule has 1 aliphatic heterocycles. The molecule has 1 aliphatic rings. The Balaban J connectivity index is 1.43. The highest BCUT2D eigenvalue weighted by molar-refractivity contribution is 5.76. The zero-order valence-corrected chi connectivity index (χ0v) is 14.2. The molecule has 2 heterocycles. The number of rotatable bonds is 6. The number of aromatic nitrogens is 2. The Morgan fingerprint density at radius 3 is 2.64 bits per heavy atom. The van der Waals surface area contributed by atoms with Crippen LogP contribution in [0.1, 0.15) is 37.4 Å². The van der Waals surface area contributed by atoms with Crippen LogP contribution in [0.4, 0.5) is 4.39 Å². The third-order valence-electron chi connectivity index (χ3n) is 4.92. The lowest BCUT2D eigenvalue weighted by molar-refractivity contribution is -0.133. The molecular formula is C19H24FN3O2. The van der Waals surface area contributed by atoms with Crippen LogP contribution < -0.4 is 0 Å². The van der Waals surface area contributed by atoms with Crippen LogP contribution in [-0.4, -0.2) is 38.6 Å². The summed E-state index contributed by atoms with van der Waals surface area (Å²) >= 11 is 0. The highest BCUT2D eigenvalue weighted by Gasteiger charge is 2.28. The number of benzene rings is 1. The van der Waals surface area contributed by atoms with Crippen molar-refractivity contribution in [2.45, 2.75) is 38.3 Å². The van der Waals surface area contributed by atoms with Gasteiger partial charge in [0.1, 0.15) is 5.82 Å². The Morgan fingerprint density at radius 1 is 1.28 bits per heavy atom. The molecule has 0 radical (unpaired) electrons. The molecule has 134 valence electrons. The summed E-state index contributed by atoms with van der Waals surface area (Å²) < 4.78 is 15.0. The van der Waals surface area contributed by atoms with E-state index in [9.17, 15) is 14.3 Å². The summed E-state index contributed by atoms with van der Waals surface area (Å²) in [6, 6.07) is 6.01. The average molecular weight is 345 g/mol. The second-order valence-corrected chi connectivity index (χ2v) is 6.62. The van der Waals surface area contributed by atoms with Gasteiger partial charge in [-0.2, -0.15) is 0 Å². The molecule has 6 heteroatoms. The lowest BCUT2D eigenvalue weighted by Crippen LogP contribution is -2.39. The molecule has 1 saturated heterocycles. The minimum atomic E-state index is -0.598. The summed E-state index contributed by atoms with van der Waals surface area (Å²) in [5.41, 5.74) is 0.742. The van der Waals surface area contributed by atoms with E-state index in [-0.39, 0.29) is 17.6 Å². The summed E-state index contributed by atoms with van der Waals surface area (Å²) in [6.45, 7) is 2.14. The Hall–Kier alpha value is -2.21. The van der Waals surface area contributed by atoms with Crippen molar-refractivity contribution in [2.24, 2.45) is 5.92 Å². The quantitative estimate of drug-likeness (QED) is 0.876. The van der Waals surface area contributed by atoms with Gasteiger partial charge in [0.15, 0.2) is 0 Å². The van der Waals surface area contributed by atoms with E-state index in [0.717, 1.165) is 31.4 Å². The predicted molar refractivity (Wildman–Crippen MR) is 92.1 cm³/mol. The average Bonchev–Trinajstić information content (AvgIpc) is 3.15. The van der Waals surface area contributed by atoms with E-state index < -0.39 is 6.10 Å². The number of hydrogen-bond donors (Lipinski definition) is 1. The molecule has 25 heavy (non-hydrogen) atoms. The van der Waals surface area contributed by atoms with Crippen molar-refractivity contribution in [1.82, 2.24) is 14.5 Å². The number of aliphatic hydroxyl groups is 1. The molecule has 3 rings (SSSR count). The molecule has 0 bridgehead atoms. The molecule has 0 aliphatic carbocycles. The number of hydrogen-bond acceptors (Lipinski definition) is 3. The van der Waals surface area contributed by atoms with Crippen LogP contribution in [-0.2, 0) is 11.3 Å². The lowest BCUT2D eigenvalue weighted by atomic mass is 9.87. The number of carbonyl (C=O) groups excluding carboxylic acids is 1. The molecule has 1 fully saturated rings. The van der Waals surface area contributed by atoms with Gasteiger partial charge in [0.25, 0.3) is 0 Å². The Bertz CT molecular complexity index is 664. The fraction of sp³-hybridized carbons (Fsp3) is 0.474. The van der Waals surface area contributed by atoms with Crippen molar-refractivity contribution in [2.75, 3.05) is 13.1 Å². The van der Waals surface area contributed by atoms with Crippen LogP contribution in [0.2, 0.25) is 0 Å². The van der Waals surface area contributed by atoms with Crippen molar-refractivity contribution in [3.63, 3.8) is 0 Å². The normalized spacial score (nSPS) is 16.8. The third-order valence-corrected chi connectivity index (χ3v) is 4.92. The van der Waals surface area contributed by atoms with Crippen molar-refractivity contribution in [3.8, 4) is 0 Å². The van der Waals surface area contributed by atoms with Gasteiger partial charge in [0, 0.05) is 38.4 Å². The molecule has 0 unspecified atom stereocenters. The zero-order valence-electron chi connectivity index (χ0n) is 14.2. The van der Waals surface area contributed by atoms with Crippen LogP contribution in [0.3, 0.4) is 0 Å². The summed E-state index contributed by atoms with van der Waals surface area (Å²) in [7, 11) is 0. The van der Waals surface area contributed by atoms with Gasteiger partial charge in [-0.3, -0.25) is 4.79 Å². The summed E-state index contributed by atoms with van der Waals surface area (Å²) in [5.74, 6) is -0.0117. The molecule has 5 nitrogen and oxygen atoms in total. The van der Waals surface area contributed by atoms with Crippen LogP contribution in [0.15, 0.2) is 43.0 Å². The summed E-state index contributed by atoms with van der Waals surface area (Å²) in [5, 5.41) is 10.5. The molecule has 0 saturated carbocycles. The second kappa shape index (κ2) is 8.25. The van der Waals surface area contributed by atoms with Crippen molar-refractivity contribution < 1.29 is 14.3 Å². The number of amides is 1. The van der Waals surface area contributed by atoms with Gasteiger partial charge in [-0.05, 0) is 42.9 Å². The van der Waals surface area contributed by atoms with Crippen LogP contribution in [0.25, 0.3) is 0 Å². The number of aryl methyl sites for hydroxylation is 1. The Labute approximate surface area is 147 Å². The first-order chi connectivity index (χ1) is 12.1. The minimum absolute atomic E-state index is 0.112. The highest BCUT2D eigenvalue weighted by Crippen LogP contribution is 2.31. The van der Waals surface area contributed by atoms with E-state index in [2.05, 4.69) is 4.98 Å². The fourth-order valence-electron chi connectivity index (χ4n) is 3.39. The monoisotopic (exact) mass is 345 g/mol. The number of piperidine rings is 1. The van der Waals surface area contributed by atoms with Gasteiger partial charge < -0.3 is 14.6 Å². The first-order valence-corrected chi connectivity index (χ1v) is 8.80. The fourth-order valence-corrected chi connectivity index (χ4v) is 3.39. The summed E-state index contributed by atoms with van der Waals surface area (Å²) in [4.78, 5) is 18.2. The van der Waals surface area contributed by atoms with E-state index in [1.54, 1.807) is 24.7 Å². The molecular weight excluding hydrogens is 321 g/mol. The number of aliphatic hydroxyl groups excluding tert-OH is 1. The smallest absolute Gasteiger partial charge is 0.222 e. The SMILES string of the molecule is O=C(CCCn1ccnc1)N1CCC([C@@H](O)c2ccc(F)cc2)CC1. The van der Waals surface area contributed by atoms with Crippen LogP contribution in [0, 0.1) is 11.7 Å². The van der Waals surface area contributed by atoms with Crippen molar-refractivity contribution >= 4 is 5.91 Å². The summed E-state index contributed by atoms with van der Waals surface area (Å²) in [6.07, 6.45) is 7.66. The van der Waals surface area contributed by atoms with Crippen molar-refractivity contribution in [3.05, 3.63) is 54.4 Å². The molecule has 1 N–H and O–H groups in total. The maximum absolute atomic E-state index is 13.0. The molecule has 0 spiro atoms. The zero-order chi connectivity index (χ0) is 17.6. The van der Waals surface area contributed by atoms with Gasteiger partial charge >= 0.3 is 0 Å². The minimum Gasteiger partial charge on any atom is -0.388 e. The first kappa shape index (κ1) is 17.6. The van der Waals surface area contributed by atoms with E-state index in [1.165, 1.54) is 12.1 Å². The largest absolute Gasteiger partial charge is 0.388 e. The third kappa shape index (κ3) is 4.66. The number of halogens is 1. The molecule has 1 aromatic carbocycles. The van der Waals surface area contributed by atoms with Gasteiger partial charge in [0.2, 0.25) is 5.91 Å². The van der Waals surface area contributed by atoms with E-state index in [0.29, 0.717) is 19.5 Å². The number of likely N-dealkylation sites (tertiary alicyclic amines) is 1. The molecule has 1 atom stereocenters. The number of imidazole rings is 1. The lowest BCUT2D eigenvalue weighted by Gasteiger charge is -2.34. The van der Waals surface area contributed by atoms with Gasteiger partial charge in [-0.25, -0.2) is 9.37 Å². The van der Waals surface area contributed by atoms with E-state index in [4.69, 9.17) is 0 Å². The van der Waals surface area contributed by atoms with Gasteiger partial charge in [-0.15, -0.1) is 0 Å².